The van der Waals surface area contributed by atoms with E-state index in [2.05, 4.69) is 5.32 Å². The minimum Gasteiger partial charge on any atom is -0.393 e. The van der Waals surface area contributed by atoms with Gasteiger partial charge in [0, 0.05) is 19.1 Å². The van der Waals surface area contributed by atoms with E-state index in [0.29, 0.717) is 26.1 Å². The summed E-state index contributed by atoms with van der Waals surface area (Å²) in [6.07, 6.45) is 0.462. The standard InChI is InChI=1S/C10H21NO3/c1-4-14-7-8(2)11-10(13)6-5-9(3)12/h8-9,12H,4-7H2,1-3H3,(H,11,13). The summed E-state index contributed by atoms with van der Waals surface area (Å²) >= 11 is 0. The monoisotopic (exact) mass is 203 g/mol. The number of nitrogens with one attached hydrogen (secondary N) is 1. The third kappa shape index (κ3) is 8.01. The Kier molecular flexibility index (Phi) is 7.42. The van der Waals surface area contributed by atoms with Gasteiger partial charge in [-0.05, 0) is 27.2 Å². The summed E-state index contributed by atoms with van der Waals surface area (Å²) in [6, 6.07) is 0.0384. The van der Waals surface area contributed by atoms with Crippen LogP contribution in [-0.2, 0) is 9.53 Å². The molecule has 14 heavy (non-hydrogen) atoms. The minimum atomic E-state index is -0.414. The number of ether oxygens (including phenoxy) is 1. The number of carbonyl (C=O) groups excluding carboxylic acids is 1. The van der Waals surface area contributed by atoms with Crippen LogP contribution in [0, 0.1) is 0 Å². The van der Waals surface area contributed by atoms with Crippen molar-refractivity contribution in [2.24, 2.45) is 0 Å². The van der Waals surface area contributed by atoms with Crippen LogP contribution in [0.25, 0.3) is 0 Å². The molecule has 0 rings (SSSR count). The number of rotatable bonds is 7. The van der Waals surface area contributed by atoms with Crippen molar-refractivity contribution in [3.8, 4) is 0 Å². The highest BCUT2D eigenvalue weighted by atomic mass is 16.5. The van der Waals surface area contributed by atoms with Crippen LogP contribution in [0.2, 0.25) is 0 Å². The molecule has 84 valence electrons. The first-order valence-corrected chi connectivity index (χ1v) is 5.11. The Labute approximate surface area is 85.6 Å². The lowest BCUT2D eigenvalue weighted by molar-refractivity contribution is -0.122. The van der Waals surface area contributed by atoms with E-state index in [-0.39, 0.29) is 11.9 Å². The van der Waals surface area contributed by atoms with Crippen molar-refractivity contribution >= 4 is 5.91 Å². The molecule has 0 aromatic carbocycles. The quantitative estimate of drug-likeness (QED) is 0.640. The van der Waals surface area contributed by atoms with Gasteiger partial charge in [0.2, 0.25) is 5.91 Å². The summed E-state index contributed by atoms with van der Waals surface area (Å²) in [5.41, 5.74) is 0. The van der Waals surface area contributed by atoms with Gasteiger partial charge in [0.15, 0.2) is 0 Å². The number of hydrogen-bond donors (Lipinski definition) is 2. The van der Waals surface area contributed by atoms with Gasteiger partial charge in [-0.3, -0.25) is 4.79 Å². The van der Waals surface area contributed by atoms with Crippen molar-refractivity contribution in [1.82, 2.24) is 5.32 Å². The van der Waals surface area contributed by atoms with E-state index in [1.54, 1.807) is 6.92 Å². The van der Waals surface area contributed by atoms with Crippen LogP contribution >= 0.6 is 0 Å². The summed E-state index contributed by atoms with van der Waals surface area (Å²) in [5, 5.41) is 11.8. The van der Waals surface area contributed by atoms with E-state index in [0.717, 1.165) is 0 Å². The van der Waals surface area contributed by atoms with Crippen molar-refractivity contribution < 1.29 is 14.6 Å². The average Bonchev–Trinajstić information content (AvgIpc) is 2.11. The molecule has 4 nitrogen and oxygen atoms in total. The Morgan fingerprint density at radius 3 is 2.64 bits per heavy atom. The highest BCUT2D eigenvalue weighted by molar-refractivity contribution is 5.76. The molecule has 0 saturated heterocycles. The normalized spacial score (nSPS) is 14.9. The predicted molar refractivity (Wildman–Crippen MR) is 55.0 cm³/mol. The zero-order valence-electron chi connectivity index (χ0n) is 9.25. The van der Waals surface area contributed by atoms with E-state index in [4.69, 9.17) is 9.84 Å². The molecule has 0 aromatic heterocycles. The number of amides is 1. The Hall–Kier alpha value is -0.610. The number of carbonyl (C=O) groups is 1. The van der Waals surface area contributed by atoms with Gasteiger partial charge in [0.25, 0.3) is 0 Å². The fourth-order valence-corrected chi connectivity index (χ4v) is 1.02. The van der Waals surface area contributed by atoms with Gasteiger partial charge in [-0.15, -0.1) is 0 Å². The van der Waals surface area contributed by atoms with Crippen LogP contribution in [-0.4, -0.2) is 36.4 Å². The molecule has 0 radical (unpaired) electrons. The molecule has 4 heteroatoms. The van der Waals surface area contributed by atoms with E-state index in [1.165, 1.54) is 0 Å². The first-order valence-electron chi connectivity index (χ1n) is 5.11. The third-order valence-corrected chi connectivity index (χ3v) is 1.77. The van der Waals surface area contributed by atoms with Gasteiger partial charge >= 0.3 is 0 Å². The molecule has 0 aliphatic heterocycles. The second kappa shape index (κ2) is 7.76. The molecule has 0 bridgehead atoms. The molecular weight excluding hydrogens is 182 g/mol. The maximum atomic E-state index is 11.2. The summed E-state index contributed by atoms with van der Waals surface area (Å²) in [6.45, 7) is 6.69. The number of aliphatic hydroxyl groups excluding tert-OH is 1. The lowest BCUT2D eigenvalue weighted by atomic mass is 10.2. The van der Waals surface area contributed by atoms with Gasteiger partial charge < -0.3 is 15.2 Å². The van der Waals surface area contributed by atoms with E-state index < -0.39 is 6.10 Å². The zero-order valence-corrected chi connectivity index (χ0v) is 9.25. The molecule has 0 spiro atoms. The fraction of sp³-hybridized carbons (Fsp3) is 0.900. The van der Waals surface area contributed by atoms with Crippen LogP contribution in [0.4, 0.5) is 0 Å². The molecular formula is C10H21NO3. The van der Waals surface area contributed by atoms with Gasteiger partial charge in [0.05, 0.1) is 12.7 Å². The highest BCUT2D eigenvalue weighted by Gasteiger charge is 2.07. The van der Waals surface area contributed by atoms with Crippen molar-refractivity contribution in [2.75, 3.05) is 13.2 Å². The summed E-state index contributed by atoms with van der Waals surface area (Å²) in [5.74, 6) is -0.0295. The maximum Gasteiger partial charge on any atom is 0.220 e. The predicted octanol–water partition coefficient (Wildman–Crippen LogP) is 0.689. The van der Waals surface area contributed by atoms with Gasteiger partial charge in [-0.1, -0.05) is 0 Å². The van der Waals surface area contributed by atoms with Crippen LogP contribution in [0.5, 0.6) is 0 Å². The van der Waals surface area contributed by atoms with Crippen LogP contribution in [0.3, 0.4) is 0 Å². The first kappa shape index (κ1) is 13.4. The molecule has 0 aliphatic rings. The van der Waals surface area contributed by atoms with Crippen molar-refractivity contribution in [2.45, 2.75) is 45.8 Å². The molecule has 0 aromatic rings. The highest BCUT2D eigenvalue weighted by Crippen LogP contribution is 1.96. The Morgan fingerprint density at radius 2 is 2.14 bits per heavy atom. The van der Waals surface area contributed by atoms with E-state index >= 15 is 0 Å². The Morgan fingerprint density at radius 1 is 1.50 bits per heavy atom. The smallest absolute Gasteiger partial charge is 0.220 e. The summed E-state index contributed by atoms with van der Waals surface area (Å²) in [4.78, 5) is 11.2. The second-order valence-corrected chi connectivity index (χ2v) is 3.52. The molecule has 2 atom stereocenters. The molecule has 2 N–H and O–H groups in total. The number of aliphatic hydroxyl groups is 1. The van der Waals surface area contributed by atoms with Crippen LogP contribution in [0.1, 0.15) is 33.6 Å². The van der Waals surface area contributed by atoms with Crippen molar-refractivity contribution in [1.29, 1.82) is 0 Å². The lowest BCUT2D eigenvalue weighted by Gasteiger charge is -2.13. The SMILES string of the molecule is CCOCC(C)NC(=O)CCC(C)O. The maximum absolute atomic E-state index is 11.2. The average molecular weight is 203 g/mol. The van der Waals surface area contributed by atoms with Gasteiger partial charge in [-0.2, -0.15) is 0 Å². The Bertz CT molecular complexity index is 159. The molecule has 0 saturated carbocycles. The minimum absolute atomic E-state index is 0.0295. The molecule has 0 fully saturated rings. The van der Waals surface area contributed by atoms with Crippen molar-refractivity contribution in [3.63, 3.8) is 0 Å². The van der Waals surface area contributed by atoms with E-state index in [1.807, 2.05) is 13.8 Å². The van der Waals surface area contributed by atoms with Crippen LogP contribution < -0.4 is 5.32 Å². The van der Waals surface area contributed by atoms with E-state index in [9.17, 15) is 4.79 Å². The Balaban J connectivity index is 3.50. The second-order valence-electron chi connectivity index (χ2n) is 3.52. The molecule has 2 unspecified atom stereocenters. The van der Waals surface area contributed by atoms with Gasteiger partial charge in [0.1, 0.15) is 0 Å². The molecule has 0 heterocycles. The first-order chi connectivity index (χ1) is 6.56. The summed E-state index contributed by atoms with van der Waals surface area (Å²) < 4.78 is 5.16. The topological polar surface area (TPSA) is 58.6 Å². The zero-order chi connectivity index (χ0) is 11.0. The molecule has 0 aliphatic carbocycles. The third-order valence-electron chi connectivity index (χ3n) is 1.77. The largest absolute Gasteiger partial charge is 0.393 e. The summed E-state index contributed by atoms with van der Waals surface area (Å²) in [7, 11) is 0. The van der Waals surface area contributed by atoms with Gasteiger partial charge in [-0.25, -0.2) is 0 Å². The molecule has 1 amide bonds. The van der Waals surface area contributed by atoms with Crippen LogP contribution in [0.15, 0.2) is 0 Å². The number of hydrogen-bond acceptors (Lipinski definition) is 3. The lowest BCUT2D eigenvalue weighted by Crippen LogP contribution is -2.36. The fourth-order valence-electron chi connectivity index (χ4n) is 1.02. The van der Waals surface area contributed by atoms with Crippen molar-refractivity contribution in [3.05, 3.63) is 0 Å².